The number of likely N-dealkylation sites (N-methyl/N-ethyl adjacent to an activating group) is 1. The van der Waals surface area contributed by atoms with Crippen molar-refractivity contribution in [1.29, 1.82) is 0 Å². The molecule has 0 aliphatic heterocycles. The molecule has 2 amide bonds. The molecule has 0 aliphatic carbocycles. The summed E-state index contributed by atoms with van der Waals surface area (Å²) in [5, 5.41) is 2.71. The van der Waals surface area contributed by atoms with Crippen molar-refractivity contribution in [2.75, 3.05) is 13.6 Å². The van der Waals surface area contributed by atoms with Crippen molar-refractivity contribution in [3.05, 3.63) is 30.1 Å². The minimum Gasteiger partial charge on any atom is -0.350 e. The summed E-state index contributed by atoms with van der Waals surface area (Å²) in [5.74, 6) is -0.307. The predicted molar refractivity (Wildman–Crippen MR) is 59.4 cm³/mol. The first-order valence-corrected chi connectivity index (χ1v) is 4.97. The van der Waals surface area contributed by atoms with Crippen LogP contribution in [0.25, 0.3) is 0 Å². The van der Waals surface area contributed by atoms with E-state index in [1.54, 1.807) is 19.4 Å². The third kappa shape index (κ3) is 4.08. The number of hydrogen-bond donors (Lipinski definition) is 1. The lowest BCUT2D eigenvalue weighted by Crippen LogP contribution is -2.36. The fraction of sp³-hybridized carbons (Fsp3) is 0.364. The SMILES string of the molecule is CC(=O)N(C)CC(=O)NCc1cccnc1. The summed E-state index contributed by atoms with van der Waals surface area (Å²) in [4.78, 5) is 27.6. The molecule has 1 aromatic rings. The summed E-state index contributed by atoms with van der Waals surface area (Å²) >= 11 is 0. The monoisotopic (exact) mass is 221 g/mol. The molecule has 0 atom stereocenters. The fourth-order valence-electron chi connectivity index (χ4n) is 1.09. The van der Waals surface area contributed by atoms with Gasteiger partial charge in [-0.1, -0.05) is 6.07 Å². The summed E-state index contributed by atoms with van der Waals surface area (Å²) in [5.41, 5.74) is 0.932. The van der Waals surface area contributed by atoms with E-state index in [0.717, 1.165) is 5.56 Å². The molecule has 0 radical (unpaired) electrons. The van der Waals surface area contributed by atoms with E-state index in [9.17, 15) is 9.59 Å². The highest BCUT2D eigenvalue weighted by Crippen LogP contribution is 1.94. The summed E-state index contributed by atoms with van der Waals surface area (Å²) < 4.78 is 0. The highest BCUT2D eigenvalue weighted by Gasteiger charge is 2.07. The first-order valence-electron chi connectivity index (χ1n) is 4.97. The fourth-order valence-corrected chi connectivity index (χ4v) is 1.09. The van der Waals surface area contributed by atoms with E-state index in [1.807, 2.05) is 12.1 Å². The van der Waals surface area contributed by atoms with E-state index >= 15 is 0 Å². The van der Waals surface area contributed by atoms with Crippen LogP contribution in [-0.4, -0.2) is 35.3 Å². The van der Waals surface area contributed by atoms with Crippen molar-refractivity contribution in [2.24, 2.45) is 0 Å². The molecular formula is C11H15N3O2. The van der Waals surface area contributed by atoms with Crippen LogP contribution in [0.3, 0.4) is 0 Å². The van der Waals surface area contributed by atoms with E-state index in [0.29, 0.717) is 6.54 Å². The molecule has 1 rings (SSSR count). The van der Waals surface area contributed by atoms with Gasteiger partial charge in [-0.15, -0.1) is 0 Å². The van der Waals surface area contributed by atoms with Crippen molar-refractivity contribution in [1.82, 2.24) is 15.2 Å². The maximum atomic E-state index is 11.4. The molecule has 86 valence electrons. The Morgan fingerprint density at radius 1 is 1.50 bits per heavy atom. The molecule has 1 N–H and O–H groups in total. The summed E-state index contributed by atoms with van der Waals surface area (Å²) in [6.45, 7) is 1.93. The quantitative estimate of drug-likeness (QED) is 0.788. The molecule has 0 saturated carbocycles. The van der Waals surface area contributed by atoms with Gasteiger partial charge in [0.15, 0.2) is 0 Å². The zero-order valence-corrected chi connectivity index (χ0v) is 9.43. The number of hydrogen-bond acceptors (Lipinski definition) is 3. The van der Waals surface area contributed by atoms with Crippen LogP contribution in [0.15, 0.2) is 24.5 Å². The molecule has 0 unspecified atom stereocenters. The van der Waals surface area contributed by atoms with Gasteiger partial charge in [-0.05, 0) is 11.6 Å². The lowest BCUT2D eigenvalue weighted by molar-refractivity contribution is -0.133. The zero-order chi connectivity index (χ0) is 12.0. The van der Waals surface area contributed by atoms with Gasteiger partial charge < -0.3 is 10.2 Å². The number of carbonyl (C=O) groups excluding carboxylic acids is 2. The minimum absolute atomic E-state index is 0.0790. The molecule has 0 aromatic carbocycles. The molecule has 16 heavy (non-hydrogen) atoms. The van der Waals surface area contributed by atoms with E-state index in [1.165, 1.54) is 11.8 Å². The zero-order valence-electron chi connectivity index (χ0n) is 9.43. The van der Waals surface area contributed by atoms with Crippen molar-refractivity contribution >= 4 is 11.8 Å². The standard InChI is InChI=1S/C11H15N3O2/c1-9(15)14(2)8-11(16)13-7-10-4-3-5-12-6-10/h3-6H,7-8H2,1-2H3,(H,13,16). The number of aromatic nitrogens is 1. The number of nitrogens with one attached hydrogen (secondary N) is 1. The highest BCUT2D eigenvalue weighted by molar-refractivity contribution is 5.83. The number of amides is 2. The smallest absolute Gasteiger partial charge is 0.239 e. The van der Waals surface area contributed by atoms with Crippen LogP contribution >= 0.6 is 0 Å². The number of nitrogens with zero attached hydrogens (tertiary/aromatic N) is 2. The molecule has 0 saturated heterocycles. The maximum Gasteiger partial charge on any atom is 0.239 e. The third-order valence-electron chi connectivity index (χ3n) is 2.13. The highest BCUT2D eigenvalue weighted by atomic mass is 16.2. The molecule has 5 heteroatoms. The molecule has 0 fully saturated rings. The second-order valence-electron chi connectivity index (χ2n) is 3.51. The van der Waals surface area contributed by atoms with Crippen LogP contribution in [0, 0.1) is 0 Å². The van der Waals surface area contributed by atoms with E-state index in [4.69, 9.17) is 0 Å². The molecule has 0 bridgehead atoms. The van der Waals surface area contributed by atoms with Gasteiger partial charge >= 0.3 is 0 Å². The lowest BCUT2D eigenvalue weighted by atomic mass is 10.3. The van der Waals surface area contributed by atoms with E-state index in [2.05, 4.69) is 10.3 Å². The summed E-state index contributed by atoms with van der Waals surface area (Å²) in [6, 6.07) is 3.69. The minimum atomic E-state index is -0.179. The second-order valence-corrected chi connectivity index (χ2v) is 3.51. The van der Waals surface area contributed by atoms with Crippen molar-refractivity contribution < 1.29 is 9.59 Å². The van der Waals surface area contributed by atoms with Crippen LogP contribution < -0.4 is 5.32 Å². The average Bonchev–Trinajstić information content (AvgIpc) is 2.27. The van der Waals surface area contributed by atoms with E-state index in [-0.39, 0.29) is 18.4 Å². The van der Waals surface area contributed by atoms with Crippen LogP contribution in [0.1, 0.15) is 12.5 Å². The largest absolute Gasteiger partial charge is 0.350 e. The van der Waals surface area contributed by atoms with Crippen molar-refractivity contribution in [2.45, 2.75) is 13.5 Å². The van der Waals surface area contributed by atoms with Gasteiger partial charge in [0.25, 0.3) is 0 Å². The van der Waals surface area contributed by atoms with E-state index < -0.39 is 0 Å². The third-order valence-corrected chi connectivity index (χ3v) is 2.13. The van der Waals surface area contributed by atoms with Gasteiger partial charge in [0.1, 0.15) is 0 Å². The first-order chi connectivity index (χ1) is 7.59. The number of carbonyl (C=O) groups is 2. The van der Waals surface area contributed by atoms with Gasteiger partial charge in [0, 0.05) is 32.9 Å². The molecule has 5 nitrogen and oxygen atoms in total. The Hall–Kier alpha value is -1.91. The van der Waals surface area contributed by atoms with Crippen LogP contribution in [0.5, 0.6) is 0 Å². The van der Waals surface area contributed by atoms with Gasteiger partial charge in [-0.2, -0.15) is 0 Å². The second kappa shape index (κ2) is 5.85. The van der Waals surface area contributed by atoms with Crippen molar-refractivity contribution in [3.63, 3.8) is 0 Å². The Balaban J connectivity index is 2.33. The lowest BCUT2D eigenvalue weighted by Gasteiger charge is -2.14. The summed E-state index contributed by atoms with van der Waals surface area (Å²) in [6.07, 6.45) is 3.36. The van der Waals surface area contributed by atoms with Gasteiger partial charge in [0.2, 0.25) is 11.8 Å². The van der Waals surface area contributed by atoms with Gasteiger partial charge in [-0.25, -0.2) is 0 Å². The van der Waals surface area contributed by atoms with Gasteiger partial charge in [0.05, 0.1) is 6.54 Å². The molecule has 0 aliphatic rings. The van der Waals surface area contributed by atoms with Crippen LogP contribution in [0.4, 0.5) is 0 Å². The average molecular weight is 221 g/mol. The normalized spacial score (nSPS) is 9.62. The predicted octanol–water partition coefficient (Wildman–Crippen LogP) is 0.176. The Bertz CT molecular complexity index is 365. The molecule has 0 spiro atoms. The number of rotatable bonds is 4. The number of pyridine rings is 1. The Morgan fingerprint density at radius 2 is 2.25 bits per heavy atom. The van der Waals surface area contributed by atoms with Crippen LogP contribution in [0.2, 0.25) is 0 Å². The summed E-state index contributed by atoms with van der Waals surface area (Å²) in [7, 11) is 1.59. The first kappa shape index (κ1) is 12.2. The maximum absolute atomic E-state index is 11.4. The molecule has 1 heterocycles. The molecule has 1 aromatic heterocycles. The Kier molecular flexibility index (Phi) is 4.44. The van der Waals surface area contributed by atoms with Crippen molar-refractivity contribution in [3.8, 4) is 0 Å². The topological polar surface area (TPSA) is 62.3 Å². The van der Waals surface area contributed by atoms with Gasteiger partial charge in [-0.3, -0.25) is 14.6 Å². The van der Waals surface area contributed by atoms with Crippen LogP contribution in [-0.2, 0) is 16.1 Å². The Morgan fingerprint density at radius 3 is 2.81 bits per heavy atom. The Labute approximate surface area is 94.5 Å². The molecular weight excluding hydrogens is 206 g/mol.